The van der Waals surface area contributed by atoms with E-state index in [1.54, 1.807) is 11.8 Å². The van der Waals surface area contributed by atoms with Crippen LogP contribution in [0.2, 0.25) is 0 Å². The van der Waals surface area contributed by atoms with Crippen LogP contribution in [0.3, 0.4) is 0 Å². The number of likely N-dealkylation sites (tertiary alicyclic amines) is 1. The first-order valence-corrected chi connectivity index (χ1v) is 9.06. The Balaban J connectivity index is 1.51. The van der Waals surface area contributed by atoms with E-state index in [1.165, 1.54) is 12.8 Å². The molecule has 2 aromatic rings. The van der Waals surface area contributed by atoms with Gasteiger partial charge in [-0.05, 0) is 30.9 Å². The molecular formula is C19H24N4O3. The number of nitrogens with zero attached hydrogens (tertiary/aromatic N) is 4. The Hall–Kier alpha value is -2.41. The molecule has 4 rings (SSSR count). The summed E-state index contributed by atoms with van der Waals surface area (Å²) in [4.78, 5) is 14.9. The van der Waals surface area contributed by atoms with Crippen molar-refractivity contribution in [2.45, 2.75) is 24.9 Å². The Morgan fingerprint density at radius 1 is 1.27 bits per heavy atom. The first-order valence-electron chi connectivity index (χ1n) is 9.06. The van der Waals surface area contributed by atoms with E-state index >= 15 is 0 Å². The molecule has 2 heterocycles. The van der Waals surface area contributed by atoms with Crippen molar-refractivity contribution in [1.29, 1.82) is 0 Å². The minimum Gasteiger partial charge on any atom is -0.492 e. The average Bonchev–Trinajstić information content (AvgIpc) is 3.23. The van der Waals surface area contributed by atoms with Crippen molar-refractivity contribution in [3.05, 3.63) is 41.7 Å². The minimum absolute atomic E-state index is 0.0233. The maximum atomic E-state index is 13.1. The van der Waals surface area contributed by atoms with Gasteiger partial charge in [0.05, 0.1) is 29.9 Å². The van der Waals surface area contributed by atoms with Gasteiger partial charge in [-0.3, -0.25) is 9.48 Å². The SMILES string of the molecule is CO[C@@H]1CN(C(=O)c2ccccc2OCC2CC2)C[C@H]1c1cn(C)nn1. The second-order valence-electron chi connectivity index (χ2n) is 7.16. The highest BCUT2D eigenvalue weighted by molar-refractivity contribution is 5.97. The van der Waals surface area contributed by atoms with Crippen LogP contribution >= 0.6 is 0 Å². The van der Waals surface area contributed by atoms with E-state index in [0.29, 0.717) is 36.9 Å². The molecule has 2 atom stereocenters. The number of carbonyl (C=O) groups excluding carboxylic acids is 1. The number of hydrogen-bond donors (Lipinski definition) is 0. The summed E-state index contributed by atoms with van der Waals surface area (Å²) in [5.41, 5.74) is 1.47. The van der Waals surface area contributed by atoms with Crippen molar-refractivity contribution in [3.63, 3.8) is 0 Å². The Morgan fingerprint density at radius 2 is 2.08 bits per heavy atom. The van der Waals surface area contributed by atoms with E-state index in [1.807, 2.05) is 42.4 Å². The lowest BCUT2D eigenvalue weighted by molar-refractivity contribution is 0.0710. The molecule has 2 aliphatic rings. The van der Waals surface area contributed by atoms with Gasteiger partial charge in [0, 0.05) is 33.4 Å². The third-order valence-corrected chi connectivity index (χ3v) is 5.15. The molecule has 138 valence electrons. The second kappa shape index (κ2) is 7.07. The van der Waals surface area contributed by atoms with Crippen molar-refractivity contribution in [1.82, 2.24) is 19.9 Å². The number of ether oxygens (including phenoxy) is 2. The molecular weight excluding hydrogens is 332 g/mol. The van der Waals surface area contributed by atoms with E-state index in [9.17, 15) is 4.79 Å². The molecule has 0 radical (unpaired) electrons. The van der Waals surface area contributed by atoms with Gasteiger partial charge >= 0.3 is 0 Å². The largest absolute Gasteiger partial charge is 0.492 e. The number of benzene rings is 1. The number of carbonyl (C=O) groups is 1. The molecule has 7 heteroatoms. The summed E-state index contributed by atoms with van der Waals surface area (Å²) in [5.74, 6) is 1.31. The van der Waals surface area contributed by atoms with Gasteiger partial charge in [0.1, 0.15) is 5.75 Å². The average molecular weight is 356 g/mol. The van der Waals surface area contributed by atoms with Crippen molar-refractivity contribution in [3.8, 4) is 5.75 Å². The molecule has 1 aromatic heterocycles. The van der Waals surface area contributed by atoms with Gasteiger partial charge < -0.3 is 14.4 Å². The van der Waals surface area contributed by atoms with Gasteiger partial charge in [0.2, 0.25) is 0 Å². The van der Waals surface area contributed by atoms with Crippen molar-refractivity contribution < 1.29 is 14.3 Å². The molecule has 1 saturated heterocycles. The van der Waals surface area contributed by atoms with Crippen molar-refractivity contribution in [2.75, 3.05) is 26.8 Å². The summed E-state index contributed by atoms with van der Waals surface area (Å²) in [6.45, 7) is 1.79. The topological polar surface area (TPSA) is 69.5 Å². The fraction of sp³-hybridized carbons (Fsp3) is 0.526. The highest BCUT2D eigenvalue weighted by Gasteiger charge is 2.38. The van der Waals surface area contributed by atoms with Gasteiger partial charge in [-0.2, -0.15) is 0 Å². The fourth-order valence-corrected chi connectivity index (χ4v) is 3.43. The number of methoxy groups -OCH3 is 1. The lowest BCUT2D eigenvalue weighted by atomic mass is 10.0. The molecule has 1 amide bonds. The quantitative estimate of drug-likeness (QED) is 0.790. The Morgan fingerprint density at radius 3 is 2.77 bits per heavy atom. The third-order valence-electron chi connectivity index (χ3n) is 5.15. The van der Waals surface area contributed by atoms with Gasteiger partial charge in [-0.15, -0.1) is 5.10 Å². The van der Waals surface area contributed by atoms with Gasteiger partial charge in [-0.1, -0.05) is 17.3 Å². The number of rotatable bonds is 6. The molecule has 2 fully saturated rings. The molecule has 1 saturated carbocycles. The van der Waals surface area contributed by atoms with Gasteiger partial charge in [-0.25, -0.2) is 0 Å². The summed E-state index contributed by atoms with van der Waals surface area (Å²) >= 11 is 0. The van der Waals surface area contributed by atoms with Crippen LogP contribution in [0.15, 0.2) is 30.5 Å². The Bertz CT molecular complexity index is 787. The summed E-state index contributed by atoms with van der Waals surface area (Å²) in [5, 5.41) is 8.21. The molecule has 0 unspecified atom stereocenters. The van der Waals surface area contributed by atoms with Crippen LogP contribution in [0.1, 0.15) is 34.8 Å². The number of aryl methyl sites for hydroxylation is 1. The first kappa shape index (κ1) is 17.0. The summed E-state index contributed by atoms with van der Waals surface area (Å²) in [6.07, 6.45) is 4.24. The van der Waals surface area contributed by atoms with Crippen molar-refractivity contribution >= 4 is 5.91 Å². The van der Waals surface area contributed by atoms with Gasteiger partial charge in [0.15, 0.2) is 0 Å². The number of amides is 1. The normalized spacial score (nSPS) is 22.6. The summed E-state index contributed by atoms with van der Waals surface area (Å²) in [7, 11) is 3.51. The molecule has 0 spiro atoms. The summed E-state index contributed by atoms with van der Waals surface area (Å²) in [6, 6.07) is 7.49. The number of para-hydroxylation sites is 1. The van der Waals surface area contributed by atoms with Crippen LogP contribution in [0, 0.1) is 5.92 Å². The predicted octanol–water partition coefficient (Wildman–Crippen LogP) is 1.86. The zero-order valence-electron chi connectivity index (χ0n) is 15.2. The second-order valence-corrected chi connectivity index (χ2v) is 7.16. The Labute approximate surface area is 152 Å². The molecule has 0 bridgehead atoms. The zero-order valence-corrected chi connectivity index (χ0v) is 15.2. The van der Waals surface area contributed by atoms with E-state index in [0.717, 1.165) is 5.69 Å². The number of aromatic nitrogens is 3. The smallest absolute Gasteiger partial charge is 0.257 e. The van der Waals surface area contributed by atoms with Gasteiger partial charge in [0.25, 0.3) is 5.91 Å². The molecule has 1 aliphatic heterocycles. The van der Waals surface area contributed by atoms with Crippen molar-refractivity contribution in [2.24, 2.45) is 13.0 Å². The third kappa shape index (κ3) is 3.44. The predicted molar refractivity (Wildman–Crippen MR) is 95.1 cm³/mol. The fourth-order valence-electron chi connectivity index (χ4n) is 3.43. The lowest BCUT2D eigenvalue weighted by Crippen LogP contribution is -2.30. The first-order chi connectivity index (χ1) is 12.7. The maximum absolute atomic E-state index is 13.1. The lowest BCUT2D eigenvalue weighted by Gasteiger charge is -2.18. The van der Waals surface area contributed by atoms with Crippen LogP contribution in [0.25, 0.3) is 0 Å². The van der Waals surface area contributed by atoms with E-state index < -0.39 is 0 Å². The van der Waals surface area contributed by atoms with E-state index in [2.05, 4.69) is 10.3 Å². The van der Waals surface area contributed by atoms with Crippen LogP contribution < -0.4 is 4.74 Å². The molecule has 7 nitrogen and oxygen atoms in total. The molecule has 1 aromatic carbocycles. The highest BCUT2D eigenvalue weighted by Crippen LogP contribution is 2.32. The highest BCUT2D eigenvalue weighted by atomic mass is 16.5. The Kier molecular flexibility index (Phi) is 4.63. The molecule has 26 heavy (non-hydrogen) atoms. The van der Waals surface area contributed by atoms with Crippen LogP contribution in [-0.2, 0) is 11.8 Å². The van der Waals surface area contributed by atoms with Crippen LogP contribution in [-0.4, -0.2) is 58.7 Å². The summed E-state index contributed by atoms with van der Waals surface area (Å²) < 4.78 is 13.2. The zero-order chi connectivity index (χ0) is 18.1. The molecule has 0 N–H and O–H groups in total. The standard InChI is InChI=1S/C19H24N4O3/c1-22-10-16(20-21-22)15-9-23(11-18(15)25-2)19(24)14-5-3-4-6-17(14)26-12-13-7-8-13/h3-6,10,13,15,18H,7-9,11-12H2,1-2H3/t15-,18+/m0/s1. The van der Waals surface area contributed by atoms with E-state index in [4.69, 9.17) is 9.47 Å². The maximum Gasteiger partial charge on any atom is 0.257 e. The molecule has 1 aliphatic carbocycles. The van der Waals surface area contributed by atoms with Crippen LogP contribution in [0.4, 0.5) is 0 Å². The van der Waals surface area contributed by atoms with E-state index in [-0.39, 0.29) is 17.9 Å². The monoisotopic (exact) mass is 356 g/mol. The minimum atomic E-state index is -0.0878. The van der Waals surface area contributed by atoms with Crippen LogP contribution in [0.5, 0.6) is 5.75 Å². The number of hydrogen-bond acceptors (Lipinski definition) is 5.